The lowest BCUT2D eigenvalue weighted by Gasteiger charge is -2.01. The number of carbonyl (C=O) groups is 1. The number of esters is 1. The molecule has 2 aromatic carbocycles. The molecule has 116 valence electrons. The van der Waals surface area contributed by atoms with Gasteiger partial charge in [-0.05, 0) is 30.7 Å². The predicted octanol–water partition coefficient (Wildman–Crippen LogP) is 4.53. The summed E-state index contributed by atoms with van der Waals surface area (Å²) in [5, 5.41) is 11.0. The smallest absolute Gasteiger partial charge is 0.341 e. The fraction of sp³-hybridized carbons (Fsp3) is 0.111. The maximum atomic E-state index is 12.3. The van der Waals surface area contributed by atoms with Crippen LogP contribution in [0.2, 0.25) is 0 Å². The zero-order chi connectivity index (χ0) is 16.2. The Labute approximate surface area is 137 Å². The van der Waals surface area contributed by atoms with Crippen LogP contribution in [0.4, 0.5) is 5.00 Å². The summed E-state index contributed by atoms with van der Waals surface area (Å²) < 4.78 is 6.14. The van der Waals surface area contributed by atoms with Crippen molar-refractivity contribution in [3.8, 4) is 5.75 Å². The van der Waals surface area contributed by atoms with E-state index < -0.39 is 0 Å². The molecule has 5 heteroatoms. The molecule has 0 amide bonds. The van der Waals surface area contributed by atoms with Gasteiger partial charge in [0.2, 0.25) is 0 Å². The summed E-state index contributed by atoms with van der Waals surface area (Å²) in [6.07, 6.45) is 1.63. The maximum Gasteiger partial charge on any atom is 0.341 e. The Hall–Kier alpha value is -2.66. The second-order valence-electron chi connectivity index (χ2n) is 4.85. The standard InChI is InChI=1S/C18H15NO3S/c1-2-22-18(21)16-14-8-3-4-9-15(14)23-17(16)19-11-12-6-5-7-13(20)10-12/h3-11,20H,2H2,1H3. The summed E-state index contributed by atoms with van der Waals surface area (Å²) in [4.78, 5) is 16.7. The third-order valence-corrected chi connectivity index (χ3v) is 4.34. The molecule has 0 saturated carbocycles. The van der Waals surface area contributed by atoms with Crippen LogP contribution in [-0.2, 0) is 4.74 Å². The van der Waals surface area contributed by atoms with Crippen molar-refractivity contribution >= 4 is 38.6 Å². The van der Waals surface area contributed by atoms with E-state index in [-0.39, 0.29) is 11.7 Å². The normalized spacial score (nSPS) is 11.2. The second-order valence-corrected chi connectivity index (χ2v) is 5.88. The summed E-state index contributed by atoms with van der Waals surface area (Å²) >= 11 is 1.44. The van der Waals surface area contributed by atoms with Gasteiger partial charge in [0, 0.05) is 16.3 Å². The molecule has 3 aromatic rings. The number of fused-ring (bicyclic) bond motifs is 1. The van der Waals surface area contributed by atoms with Crippen LogP contribution in [0.15, 0.2) is 53.5 Å². The molecule has 1 aromatic heterocycles. The van der Waals surface area contributed by atoms with Gasteiger partial charge in [-0.1, -0.05) is 30.3 Å². The molecule has 0 bridgehead atoms. The van der Waals surface area contributed by atoms with Gasteiger partial charge in [0.15, 0.2) is 0 Å². The summed E-state index contributed by atoms with van der Waals surface area (Å²) in [6.45, 7) is 2.10. The average Bonchev–Trinajstić information content (AvgIpc) is 2.91. The molecule has 3 rings (SSSR count). The van der Waals surface area contributed by atoms with Crippen LogP contribution in [0.5, 0.6) is 5.75 Å². The zero-order valence-corrected chi connectivity index (χ0v) is 13.3. The molecule has 0 atom stereocenters. The van der Waals surface area contributed by atoms with Crippen molar-refractivity contribution in [2.24, 2.45) is 4.99 Å². The minimum atomic E-state index is -0.368. The number of aliphatic imine (C=N–C) groups is 1. The van der Waals surface area contributed by atoms with E-state index >= 15 is 0 Å². The molecule has 1 N–H and O–H groups in total. The summed E-state index contributed by atoms with van der Waals surface area (Å²) in [6, 6.07) is 14.5. The van der Waals surface area contributed by atoms with Crippen LogP contribution >= 0.6 is 11.3 Å². The van der Waals surface area contributed by atoms with Gasteiger partial charge in [0.05, 0.1) is 6.61 Å². The van der Waals surface area contributed by atoms with Gasteiger partial charge < -0.3 is 9.84 Å². The lowest BCUT2D eigenvalue weighted by molar-refractivity contribution is 0.0530. The van der Waals surface area contributed by atoms with Gasteiger partial charge in [-0.2, -0.15) is 0 Å². The number of hydrogen-bond donors (Lipinski definition) is 1. The van der Waals surface area contributed by atoms with Crippen LogP contribution in [0, 0.1) is 0 Å². The molecule has 0 radical (unpaired) electrons. The van der Waals surface area contributed by atoms with E-state index in [1.54, 1.807) is 31.3 Å². The van der Waals surface area contributed by atoms with Crippen molar-refractivity contribution in [1.29, 1.82) is 0 Å². The van der Waals surface area contributed by atoms with E-state index in [4.69, 9.17) is 4.74 Å². The Kier molecular flexibility index (Phi) is 4.39. The van der Waals surface area contributed by atoms with E-state index in [1.807, 2.05) is 30.3 Å². The highest BCUT2D eigenvalue weighted by Crippen LogP contribution is 2.38. The largest absolute Gasteiger partial charge is 0.508 e. The van der Waals surface area contributed by atoms with E-state index in [1.165, 1.54) is 11.3 Å². The zero-order valence-electron chi connectivity index (χ0n) is 12.5. The Morgan fingerprint density at radius 3 is 2.87 bits per heavy atom. The second kappa shape index (κ2) is 6.62. The molecule has 0 fully saturated rings. The monoisotopic (exact) mass is 325 g/mol. The molecule has 0 aliphatic carbocycles. The maximum absolute atomic E-state index is 12.3. The first-order valence-electron chi connectivity index (χ1n) is 7.21. The van der Waals surface area contributed by atoms with Gasteiger partial charge in [-0.25, -0.2) is 9.79 Å². The fourth-order valence-corrected chi connectivity index (χ4v) is 3.30. The van der Waals surface area contributed by atoms with Gasteiger partial charge in [-0.3, -0.25) is 0 Å². The van der Waals surface area contributed by atoms with E-state index in [0.29, 0.717) is 17.2 Å². The highest BCUT2D eigenvalue weighted by atomic mass is 32.1. The van der Waals surface area contributed by atoms with Gasteiger partial charge in [-0.15, -0.1) is 11.3 Å². The topological polar surface area (TPSA) is 58.9 Å². The molecule has 0 saturated heterocycles. The van der Waals surface area contributed by atoms with Crippen molar-refractivity contribution in [3.05, 3.63) is 59.7 Å². The van der Waals surface area contributed by atoms with Gasteiger partial charge in [0.1, 0.15) is 16.3 Å². The van der Waals surface area contributed by atoms with Crippen LogP contribution in [0.25, 0.3) is 10.1 Å². The molecule has 4 nitrogen and oxygen atoms in total. The summed E-state index contributed by atoms with van der Waals surface area (Å²) in [5.74, 6) is -0.191. The molecule has 0 spiro atoms. The van der Waals surface area contributed by atoms with Crippen LogP contribution in [-0.4, -0.2) is 23.9 Å². The van der Waals surface area contributed by atoms with Crippen LogP contribution in [0.3, 0.4) is 0 Å². The minimum absolute atomic E-state index is 0.177. The Bertz CT molecular complexity index is 883. The number of nitrogens with zero attached hydrogens (tertiary/aromatic N) is 1. The van der Waals surface area contributed by atoms with Crippen molar-refractivity contribution in [2.45, 2.75) is 6.92 Å². The SMILES string of the molecule is CCOC(=O)c1c(N=Cc2cccc(O)c2)sc2ccccc12. The van der Waals surface area contributed by atoms with Crippen LogP contribution < -0.4 is 0 Å². The number of thiophene rings is 1. The lowest BCUT2D eigenvalue weighted by atomic mass is 10.1. The van der Waals surface area contributed by atoms with Crippen molar-refractivity contribution in [2.75, 3.05) is 6.61 Å². The first-order valence-corrected chi connectivity index (χ1v) is 8.02. The molecule has 23 heavy (non-hydrogen) atoms. The van der Waals surface area contributed by atoms with Crippen molar-refractivity contribution in [1.82, 2.24) is 0 Å². The van der Waals surface area contributed by atoms with Crippen LogP contribution in [0.1, 0.15) is 22.8 Å². The van der Waals surface area contributed by atoms with Gasteiger partial charge >= 0.3 is 5.97 Å². The van der Waals surface area contributed by atoms with Crippen molar-refractivity contribution in [3.63, 3.8) is 0 Å². The predicted molar refractivity (Wildman–Crippen MR) is 93.1 cm³/mol. The molecule has 0 unspecified atom stereocenters. The Morgan fingerprint density at radius 2 is 2.09 bits per heavy atom. The molecular weight excluding hydrogens is 310 g/mol. The molecule has 1 heterocycles. The number of rotatable bonds is 4. The Balaban J connectivity index is 2.05. The fourth-order valence-electron chi connectivity index (χ4n) is 2.26. The number of phenols is 1. The number of benzene rings is 2. The summed E-state index contributed by atoms with van der Waals surface area (Å²) in [5.41, 5.74) is 1.25. The molecule has 0 aliphatic heterocycles. The number of ether oxygens (including phenoxy) is 1. The number of hydrogen-bond acceptors (Lipinski definition) is 5. The van der Waals surface area contributed by atoms with E-state index in [9.17, 15) is 9.90 Å². The number of phenolic OH excluding ortho intramolecular Hbond substituents is 1. The highest BCUT2D eigenvalue weighted by molar-refractivity contribution is 7.23. The van der Waals surface area contributed by atoms with E-state index in [0.717, 1.165) is 15.6 Å². The summed E-state index contributed by atoms with van der Waals surface area (Å²) in [7, 11) is 0. The first kappa shape index (κ1) is 15.2. The van der Waals surface area contributed by atoms with E-state index in [2.05, 4.69) is 4.99 Å². The number of aromatic hydroxyl groups is 1. The average molecular weight is 325 g/mol. The van der Waals surface area contributed by atoms with Crippen molar-refractivity contribution < 1.29 is 14.6 Å². The minimum Gasteiger partial charge on any atom is -0.508 e. The Morgan fingerprint density at radius 1 is 1.26 bits per heavy atom. The molecular formula is C18H15NO3S. The highest BCUT2D eigenvalue weighted by Gasteiger charge is 2.19. The quantitative estimate of drug-likeness (QED) is 0.566. The third-order valence-electron chi connectivity index (χ3n) is 3.26. The first-order chi connectivity index (χ1) is 11.2. The lowest BCUT2D eigenvalue weighted by Crippen LogP contribution is -2.03. The molecule has 0 aliphatic rings. The third kappa shape index (κ3) is 3.24. The van der Waals surface area contributed by atoms with Gasteiger partial charge in [0.25, 0.3) is 0 Å². The number of carbonyl (C=O) groups excluding carboxylic acids is 1.